The van der Waals surface area contributed by atoms with E-state index < -0.39 is 0 Å². The van der Waals surface area contributed by atoms with Crippen molar-refractivity contribution in [2.45, 2.75) is 20.4 Å². The van der Waals surface area contributed by atoms with Gasteiger partial charge in [0.15, 0.2) is 4.80 Å². The van der Waals surface area contributed by atoms with Crippen molar-refractivity contribution in [2.75, 3.05) is 13.7 Å². The molecule has 1 heterocycles. The lowest BCUT2D eigenvalue weighted by molar-refractivity contribution is 0.415. The maximum Gasteiger partial charge on any atom is 0.185 e. The molecule has 0 fully saturated rings. The summed E-state index contributed by atoms with van der Waals surface area (Å²) in [6.07, 6.45) is 0. The van der Waals surface area contributed by atoms with Crippen LogP contribution < -0.4 is 9.54 Å². The second-order valence-electron chi connectivity index (χ2n) is 3.85. The van der Waals surface area contributed by atoms with Gasteiger partial charge in [-0.05, 0) is 43.7 Å². The lowest BCUT2D eigenvalue weighted by Gasteiger charge is -2.07. The Labute approximate surface area is 128 Å². The normalized spacial score (nSPS) is 11.2. The van der Waals surface area contributed by atoms with Crippen molar-refractivity contribution >= 4 is 28.3 Å². The molecule has 3 nitrogen and oxygen atoms in total. The quantitative estimate of drug-likeness (QED) is 0.831. The van der Waals surface area contributed by atoms with Gasteiger partial charge in [-0.3, -0.25) is 4.99 Å². The van der Waals surface area contributed by atoms with Gasteiger partial charge in [-0.1, -0.05) is 0 Å². The first kappa shape index (κ1) is 16.0. The molecule has 0 aliphatic carbocycles. The van der Waals surface area contributed by atoms with Gasteiger partial charge in [0.25, 0.3) is 0 Å². The van der Waals surface area contributed by atoms with Crippen LogP contribution in [0, 0.1) is 0 Å². The molecule has 2 aromatic rings. The van der Waals surface area contributed by atoms with Gasteiger partial charge >= 0.3 is 0 Å². The summed E-state index contributed by atoms with van der Waals surface area (Å²) in [6.45, 7) is 5.97. The van der Waals surface area contributed by atoms with Gasteiger partial charge in [-0.15, -0.1) is 28.3 Å². The predicted octanol–water partition coefficient (Wildman–Crippen LogP) is 3.74. The van der Waals surface area contributed by atoms with Crippen LogP contribution in [0.15, 0.2) is 34.6 Å². The highest BCUT2D eigenvalue weighted by Crippen LogP contribution is 2.22. The Morgan fingerprint density at radius 1 is 1.21 bits per heavy atom. The first-order valence-electron chi connectivity index (χ1n) is 6.13. The highest BCUT2D eigenvalue weighted by molar-refractivity contribution is 8.93. The summed E-state index contributed by atoms with van der Waals surface area (Å²) in [5.74, 6) is 0.885. The molecule has 2 rings (SSSR count). The fourth-order valence-corrected chi connectivity index (χ4v) is 2.93. The van der Waals surface area contributed by atoms with E-state index in [-0.39, 0.29) is 17.0 Å². The monoisotopic (exact) mass is 342 g/mol. The summed E-state index contributed by atoms with van der Waals surface area (Å²) >= 11 is 1.70. The van der Waals surface area contributed by atoms with Crippen molar-refractivity contribution in [1.82, 2.24) is 4.57 Å². The number of ether oxygens (including phenoxy) is 1. The minimum Gasteiger partial charge on any atom is -0.497 e. The Morgan fingerprint density at radius 3 is 2.42 bits per heavy atom. The van der Waals surface area contributed by atoms with E-state index in [1.807, 2.05) is 12.1 Å². The summed E-state index contributed by atoms with van der Waals surface area (Å²) < 4.78 is 7.43. The van der Waals surface area contributed by atoms with Crippen LogP contribution in [0.25, 0.3) is 11.3 Å². The topological polar surface area (TPSA) is 26.5 Å². The van der Waals surface area contributed by atoms with Crippen LogP contribution in [-0.4, -0.2) is 18.2 Å². The van der Waals surface area contributed by atoms with E-state index in [9.17, 15) is 0 Å². The molecule has 0 amide bonds. The minimum atomic E-state index is 0. The van der Waals surface area contributed by atoms with E-state index in [1.165, 1.54) is 11.3 Å². The van der Waals surface area contributed by atoms with Crippen LogP contribution in [-0.2, 0) is 6.54 Å². The third-order valence-corrected chi connectivity index (χ3v) is 3.69. The van der Waals surface area contributed by atoms with Crippen LogP contribution in [0.2, 0.25) is 0 Å². The number of rotatable bonds is 4. The van der Waals surface area contributed by atoms with Gasteiger partial charge in [0.2, 0.25) is 0 Å². The molecule has 0 N–H and O–H groups in total. The van der Waals surface area contributed by atoms with Crippen LogP contribution >= 0.6 is 28.3 Å². The van der Waals surface area contributed by atoms with E-state index in [0.717, 1.165) is 23.6 Å². The zero-order chi connectivity index (χ0) is 13.0. The SMILES string of the molecule is Br.CCN=c1scc(-c2ccc(OC)cc2)n1CC. The van der Waals surface area contributed by atoms with Crippen molar-refractivity contribution in [2.24, 2.45) is 4.99 Å². The molecule has 0 aliphatic rings. The zero-order valence-corrected chi connectivity index (χ0v) is 13.9. The van der Waals surface area contributed by atoms with Gasteiger partial charge in [-0.2, -0.15) is 0 Å². The van der Waals surface area contributed by atoms with E-state index in [1.54, 1.807) is 18.4 Å². The molecule has 0 atom stereocenters. The smallest absolute Gasteiger partial charge is 0.185 e. The van der Waals surface area contributed by atoms with E-state index in [4.69, 9.17) is 4.74 Å². The summed E-state index contributed by atoms with van der Waals surface area (Å²) in [4.78, 5) is 5.60. The standard InChI is InChI=1S/C14H18N2OS.BrH/c1-4-15-14-16(5-2)13(10-18-14)11-6-8-12(17-3)9-7-11;/h6-10H,4-5H2,1-3H3;1H. The second-order valence-corrected chi connectivity index (χ2v) is 4.69. The predicted molar refractivity (Wildman–Crippen MR) is 86.4 cm³/mol. The summed E-state index contributed by atoms with van der Waals surface area (Å²) in [5.41, 5.74) is 2.42. The highest BCUT2D eigenvalue weighted by Gasteiger charge is 2.06. The lowest BCUT2D eigenvalue weighted by atomic mass is 10.1. The molecule has 0 spiro atoms. The highest BCUT2D eigenvalue weighted by atomic mass is 79.9. The number of hydrogen-bond acceptors (Lipinski definition) is 3. The number of halogens is 1. The summed E-state index contributed by atoms with van der Waals surface area (Å²) in [6, 6.07) is 8.15. The molecule has 0 saturated heterocycles. The van der Waals surface area contributed by atoms with E-state index in [0.29, 0.717) is 0 Å². The van der Waals surface area contributed by atoms with Gasteiger partial charge < -0.3 is 9.30 Å². The molecule has 104 valence electrons. The molecule has 0 saturated carbocycles. The Morgan fingerprint density at radius 2 is 1.89 bits per heavy atom. The number of nitrogens with zero attached hydrogens (tertiary/aromatic N) is 2. The number of aromatic nitrogens is 1. The first-order chi connectivity index (χ1) is 8.80. The number of methoxy groups -OCH3 is 1. The van der Waals surface area contributed by atoms with E-state index >= 15 is 0 Å². The van der Waals surface area contributed by atoms with Gasteiger partial charge in [0.05, 0.1) is 12.8 Å². The van der Waals surface area contributed by atoms with Gasteiger partial charge in [0.1, 0.15) is 5.75 Å². The average Bonchev–Trinajstić information content (AvgIpc) is 2.82. The maximum atomic E-state index is 5.18. The molecule has 1 aromatic carbocycles. The first-order valence-corrected chi connectivity index (χ1v) is 7.01. The third kappa shape index (κ3) is 3.48. The Balaban J connectivity index is 0.00000180. The van der Waals surface area contributed by atoms with Gasteiger partial charge in [-0.25, -0.2) is 0 Å². The molecule has 0 bridgehead atoms. The fraction of sp³-hybridized carbons (Fsp3) is 0.357. The Bertz CT molecular complexity index is 572. The Kier molecular flexibility index (Phi) is 6.31. The summed E-state index contributed by atoms with van der Waals surface area (Å²) in [7, 11) is 1.68. The molecule has 1 aromatic heterocycles. The zero-order valence-electron chi connectivity index (χ0n) is 11.4. The Hall–Kier alpha value is -1.07. The van der Waals surface area contributed by atoms with Crippen molar-refractivity contribution in [3.8, 4) is 17.0 Å². The molecule has 0 unspecified atom stereocenters. The minimum absolute atomic E-state index is 0. The van der Waals surface area contributed by atoms with Crippen molar-refractivity contribution in [3.63, 3.8) is 0 Å². The largest absolute Gasteiger partial charge is 0.497 e. The number of thiazole rings is 1. The van der Waals surface area contributed by atoms with Crippen molar-refractivity contribution < 1.29 is 4.74 Å². The molecule has 5 heteroatoms. The average molecular weight is 343 g/mol. The van der Waals surface area contributed by atoms with Crippen LogP contribution in [0.3, 0.4) is 0 Å². The van der Waals surface area contributed by atoms with E-state index in [2.05, 4.69) is 40.9 Å². The molecule has 0 radical (unpaired) electrons. The number of benzene rings is 1. The molecule has 0 aliphatic heterocycles. The molecular formula is C14H19BrN2OS. The van der Waals surface area contributed by atoms with Crippen LogP contribution in [0.5, 0.6) is 5.75 Å². The number of hydrogen-bond donors (Lipinski definition) is 0. The second kappa shape index (κ2) is 7.50. The van der Waals surface area contributed by atoms with Crippen molar-refractivity contribution in [3.05, 3.63) is 34.4 Å². The fourth-order valence-electron chi connectivity index (χ4n) is 1.89. The maximum absolute atomic E-state index is 5.18. The summed E-state index contributed by atoms with van der Waals surface area (Å²) in [5, 5.41) is 2.17. The van der Waals surface area contributed by atoms with Crippen LogP contribution in [0.4, 0.5) is 0 Å². The lowest BCUT2D eigenvalue weighted by Crippen LogP contribution is -2.15. The third-order valence-electron chi connectivity index (χ3n) is 2.79. The molecular weight excluding hydrogens is 324 g/mol. The van der Waals surface area contributed by atoms with Gasteiger partial charge in [0, 0.05) is 18.5 Å². The van der Waals surface area contributed by atoms with Crippen LogP contribution in [0.1, 0.15) is 13.8 Å². The molecule has 19 heavy (non-hydrogen) atoms. The van der Waals surface area contributed by atoms with Crippen molar-refractivity contribution in [1.29, 1.82) is 0 Å².